The summed E-state index contributed by atoms with van der Waals surface area (Å²) < 4.78 is 18.9. The highest BCUT2D eigenvalue weighted by Gasteiger charge is 2.17. The number of hydrogen-bond donors (Lipinski definition) is 1. The van der Waals surface area contributed by atoms with Gasteiger partial charge >= 0.3 is 5.97 Å². The Morgan fingerprint density at radius 2 is 2.10 bits per heavy atom. The molecule has 0 fully saturated rings. The summed E-state index contributed by atoms with van der Waals surface area (Å²) in [5, 5.41) is 17.8. The van der Waals surface area contributed by atoms with Gasteiger partial charge < -0.3 is 9.84 Å². The standard InChI is InChI=1S/C15H10FNO3/c1-9-7-11(6-5-10(9)8-17)20-13-4-2-3-12(16)14(13)15(18)19/h2-7H,1H3,(H,18,19). The summed E-state index contributed by atoms with van der Waals surface area (Å²) in [6, 6.07) is 10.5. The maximum atomic E-state index is 13.5. The molecule has 0 heterocycles. The van der Waals surface area contributed by atoms with Gasteiger partial charge in [0.15, 0.2) is 0 Å². The van der Waals surface area contributed by atoms with Crippen LogP contribution in [0.15, 0.2) is 36.4 Å². The lowest BCUT2D eigenvalue weighted by Gasteiger charge is -2.10. The average molecular weight is 271 g/mol. The molecule has 0 amide bonds. The van der Waals surface area contributed by atoms with Gasteiger partial charge in [0, 0.05) is 0 Å². The molecule has 2 aromatic carbocycles. The van der Waals surface area contributed by atoms with E-state index < -0.39 is 17.3 Å². The Bertz CT molecular complexity index is 720. The van der Waals surface area contributed by atoms with Gasteiger partial charge in [0.05, 0.1) is 11.6 Å². The molecule has 20 heavy (non-hydrogen) atoms. The summed E-state index contributed by atoms with van der Waals surface area (Å²) in [4.78, 5) is 11.0. The highest BCUT2D eigenvalue weighted by molar-refractivity contribution is 5.91. The van der Waals surface area contributed by atoms with Gasteiger partial charge in [-0.05, 0) is 42.8 Å². The third kappa shape index (κ3) is 2.59. The molecule has 0 atom stereocenters. The van der Waals surface area contributed by atoms with Crippen molar-refractivity contribution in [3.05, 3.63) is 58.9 Å². The van der Waals surface area contributed by atoms with Crippen LogP contribution in [0.25, 0.3) is 0 Å². The Hall–Kier alpha value is -2.87. The van der Waals surface area contributed by atoms with Crippen molar-refractivity contribution in [1.29, 1.82) is 5.26 Å². The van der Waals surface area contributed by atoms with E-state index in [0.29, 0.717) is 16.9 Å². The van der Waals surface area contributed by atoms with Gasteiger partial charge in [-0.25, -0.2) is 9.18 Å². The van der Waals surface area contributed by atoms with Crippen LogP contribution >= 0.6 is 0 Å². The lowest BCUT2D eigenvalue weighted by molar-refractivity contribution is 0.0689. The molecule has 4 nitrogen and oxygen atoms in total. The maximum absolute atomic E-state index is 13.5. The van der Waals surface area contributed by atoms with Crippen molar-refractivity contribution in [2.75, 3.05) is 0 Å². The largest absolute Gasteiger partial charge is 0.477 e. The molecule has 0 radical (unpaired) electrons. The van der Waals surface area contributed by atoms with E-state index in [9.17, 15) is 9.18 Å². The summed E-state index contributed by atoms with van der Waals surface area (Å²) in [6.45, 7) is 1.73. The van der Waals surface area contributed by atoms with E-state index in [4.69, 9.17) is 15.1 Å². The quantitative estimate of drug-likeness (QED) is 0.927. The van der Waals surface area contributed by atoms with Crippen LogP contribution in [0.1, 0.15) is 21.5 Å². The molecule has 0 unspecified atom stereocenters. The monoisotopic (exact) mass is 271 g/mol. The SMILES string of the molecule is Cc1cc(Oc2cccc(F)c2C(=O)O)ccc1C#N. The third-order valence-corrected chi connectivity index (χ3v) is 2.74. The molecule has 0 spiro atoms. The molecule has 0 aliphatic heterocycles. The normalized spacial score (nSPS) is 9.85. The first-order valence-corrected chi connectivity index (χ1v) is 5.73. The minimum Gasteiger partial charge on any atom is -0.477 e. The number of aryl methyl sites for hydroxylation is 1. The molecule has 2 rings (SSSR count). The molecular weight excluding hydrogens is 261 g/mol. The number of carboxylic acids is 1. The minimum atomic E-state index is -1.40. The smallest absolute Gasteiger partial charge is 0.342 e. The number of hydrogen-bond acceptors (Lipinski definition) is 3. The molecule has 0 saturated carbocycles. The number of aromatic carboxylic acids is 1. The van der Waals surface area contributed by atoms with Crippen molar-refractivity contribution >= 4 is 5.97 Å². The minimum absolute atomic E-state index is 0.0818. The summed E-state index contributed by atoms with van der Waals surface area (Å²) in [6.07, 6.45) is 0. The summed E-state index contributed by atoms with van der Waals surface area (Å²) >= 11 is 0. The first kappa shape index (κ1) is 13.6. The van der Waals surface area contributed by atoms with Gasteiger partial charge in [0.25, 0.3) is 0 Å². The van der Waals surface area contributed by atoms with Crippen LogP contribution in [0, 0.1) is 24.1 Å². The zero-order valence-electron chi connectivity index (χ0n) is 10.6. The first-order valence-electron chi connectivity index (χ1n) is 5.73. The Kier molecular flexibility index (Phi) is 3.67. The van der Waals surface area contributed by atoms with Crippen molar-refractivity contribution in [3.8, 4) is 17.6 Å². The third-order valence-electron chi connectivity index (χ3n) is 2.74. The Morgan fingerprint density at radius 1 is 1.35 bits per heavy atom. The summed E-state index contributed by atoms with van der Waals surface area (Å²) in [5.74, 6) is -2.00. The second-order valence-corrected chi connectivity index (χ2v) is 4.11. The Balaban J connectivity index is 2.41. The van der Waals surface area contributed by atoms with E-state index in [0.717, 1.165) is 6.07 Å². The van der Waals surface area contributed by atoms with E-state index in [-0.39, 0.29) is 5.75 Å². The van der Waals surface area contributed by atoms with Gasteiger partial charge in [0.2, 0.25) is 0 Å². The van der Waals surface area contributed by atoms with Crippen molar-refractivity contribution < 1.29 is 19.0 Å². The van der Waals surface area contributed by atoms with Crippen LogP contribution < -0.4 is 4.74 Å². The van der Waals surface area contributed by atoms with Crippen LogP contribution in [0.3, 0.4) is 0 Å². The maximum Gasteiger partial charge on any atom is 0.342 e. The molecule has 0 saturated heterocycles. The molecule has 100 valence electrons. The number of ether oxygens (including phenoxy) is 1. The van der Waals surface area contributed by atoms with Crippen molar-refractivity contribution in [2.24, 2.45) is 0 Å². The fourth-order valence-electron chi connectivity index (χ4n) is 1.75. The van der Waals surface area contributed by atoms with Crippen LogP contribution in [0.2, 0.25) is 0 Å². The Morgan fingerprint density at radius 3 is 2.70 bits per heavy atom. The predicted molar refractivity (Wildman–Crippen MR) is 69.3 cm³/mol. The number of rotatable bonds is 3. The van der Waals surface area contributed by atoms with E-state index in [1.54, 1.807) is 19.1 Å². The van der Waals surface area contributed by atoms with Crippen molar-refractivity contribution in [2.45, 2.75) is 6.92 Å². The van der Waals surface area contributed by atoms with E-state index in [2.05, 4.69) is 0 Å². The number of carbonyl (C=O) groups is 1. The number of nitrogens with zero attached hydrogens (tertiary/aromatic N) is 1. The van der Waals surface area contributed by atoms with Crippen molar-refractivity contribution in [3.63, 3.8) is 0 Å². The molecule has 0 aliphatic carbocycles. The lowest BCUT2D eigenvalue weighted by atomic mass is 10.1. The highest BCUT2D eigenvalue weighted by atomic mass is 19.1. The number of carboxylic acid groups (broad SMARTS) is 1. The second-order valence-electron chi connectivity index (χ2n) is 4.11. The summed E-state index contributed by atoms with van der Waals surface area (Å²) in [7, 11) is 0. The molecule has 0 aliphatic rings. The number of benzene rings is 2. The van der Waals surface area contributed by atoms with Crippen LogP contribution in [0.4, 0.5) is 4.39 Å². The van der Waals surface area contributed by atoms with Crippen LogP contribution in [-0.4, -0.2) is 11.1 Å². The van der Waals surface area contributed by atoms with Crippen molar-refractivity contribution in [1.82, 2.24) is 0 Å². The van der Waals surface area contributed by atoms with Gasteiger partial charge in [-0.1, -0.05) is 6.07 Å². The number of halogens is 1. The van der Waals surface area contributed by atoms with E-state index >= 15 is 0 Å². The van der Waals surface area contributed by atoms with Gasteiger partial charge in [-0.15, -0.1) is 0 Å². The second kappa shape index (κ2) is 5.41. The number of nitriles is 1. The van der Waals surface area contributed by atoms with Gasteiger partial charge in [-0.2, -0.15) is 5.26 Å². The molecule has 2 aromatic rings. The average Bonchev–Trinajstić information content (AvgIpc) is 2.38. The topological polar surface area (TPSA) is 70.3 Å². The molecular formula is C15H10FNO3. The lowest BCUT2D eigenvalue weighted by Crippen LogP contribution is -2.03. The fourth-order valence-corrected chi connectivity index (χ4v) is 1.75. The predicted octanol–water partition coefficient (Wildman–Crippen LogP) is 3.50. The zero-order valence-corrected chi connectivity index (χ0v) is 10.6. The van der Waals surface area contributed by atoms with Gasteiger partial charge in [0.1, 0.15) is 22.9 Å². The molecule has 5 heteroatoms. The van der Waals surface area contributed by atoms with Crippen LogP contribution in [0.5, 0.6) is 11.5 Å². The van der Waals surface area contributed by atoms with Crippen LogP contribution in [-0.2, 0) is 0 Å². The molecule has 0 bridgehead atoms. The van der Waals surface area contributed by atoms with E-state index in [1.807, 2.05) is 6.07 Å². The fraction of sp³-hybridized carbons (Fsp3) is 0.0667. The van der Waals surface area contributed by atoms with Gasteiger partial charge in [-0.3, -0.25) is 0 Å². The molecule has 0 aromatic heterocycles. The highest BCUT2D eigenvalue weighted by Crippen LogP contribution is 2.28. The molecule has 1 N–H and O–H groups in total. The Labute approximate surface area is 114 Å². The zero-order chi connectivity index (χ0) is 14.7. The summed E-state index contributed by atoms with van der Waals surface area (Å²) in [5.41, 5.74) is 0.669. The van der Waals surface area contributed by atoms with E-state index in [1.165, 1.54) is 18.2 Å². The first-order chi connectivity index (χ1) is 9.52.